The van der Waals surface area contributed by atoms with Crippen molar-refractivity contribution in [2.24, 2.45) is 0 Å². The van der Waals surface area contributed by atoms with Crippen LogP contribution in [0.5, 0.6) is 0 Å². The maximum atomic E-state index is 12.3. The molecule has 1 heterocycles. The lowest BCUT2D eigenvalue weighted by molar-refractivity contribution is -0.113. The molecular weight excluding hydrogens is 382 g/mol. The predicted octanol–water partition coefficient (Wildman–Crippen LogP) is 7.15. The van der Waals surface area contributed by atoms with Crippen LogP contribution in [0.25, 0.3) is 11.1 Å². The summed E-state index contributed by atoms with van der Waals surface area (Å²) >= 11 is 0. The number of fused-ring (bicyclic) bond motifs is 1. The summed E-state index contributed by atoms with van der Waals surface area (Å²) in [5.41, 5.74) is 10.3. The molecule has 2 aliphatic rings. The number of carbonyl (C=O) groups is 1. The minimum absolute atomic E-state index is 0.0126. The van der Waals surface area contributed by atoms with Crippen LogP contribution in [0.3, 0.4) is 0 Å². The number of allylic oxidation sites excluding steroid dienone is 3. The minimum atomic E-state index is 0.0126. The first-order valence-electron chi connectivity index (χ1n) is 11.4. The zero-order valence-electron chi connectivity index (χ0n) is 20.0. The average molecular weight is 418 g/mol. The van der Waals surface area contributed by atoms with Crippen molar-refractivity contribution in [1.82, 2.24) is 4.98 Å². The second-order valence-electron chi connectivity index (χ2n) is 10.9. The standard InChI is InChI=1S/C28H35NO2/c1-16(2)25(21-8-9-22(29-21)26-23(30)10-11-24(26)31)18-15-20-19(14-17(18)3)27(4,5)12-13-28(20,6)7/h8-9,14-15,29-30H,10-13H2,1-7H3. The molecule has 2 N–H and O–H groups in total. The second kappa shape index (κ2) is 7.25. The summed E-state index contributed by atoms with van der Waals surface area (Å²) in [4.78, 5) is 15.7. The minimum Gasteiger partial charge on any atom is -0.511 e. The molecule has 0 amide bonds. The molecule has 0 bridgehead atoms. The first-order chi connectivity index (χ1) is 14.4. The van der Waals surface area contributed by atoms with Crippen LogP contribution in [0.4, 0.5) is 0 Å². The van der Waals surface area contributed by atoms with Crippen molar-refractivity contribution in [3.63, 3.8) is 0 Å². The van der Waals surface area contributed by atoms with Gasteiger partial charge in [0.15, 0.2) is 5.78 Å². The number of aliphatic hydroxyl groups is 1. The molecule has 0 atom stereocenters. The van der Waals surface area contributed by atoms with Gasteiger partial charge in [-0.25, -0.2) is 0 Å². The fourth-order valence-corrected chi connectivity index (χ4v) is 5.31. The van der Waals surface area contributed by atoms with E-state index in [4.69, 9.17) is 0 Å². The summed E-state index contributed by atoms with van der Waals surface area (Å²) in [6.45, 7) is 15.9. The number of aromatic amines is 1. The van der Waals surface area contributed by atoms with Crippen LogP contribution in [-0.2, 0) is 15.6 Å². The SMILES string of the molecule is CC(C)=C(c1ccc(C2=C(O)CCC2=O)[nH]1)c1cc2c(cc1C)C(C)(C)CCC2(C)C. The Morgan fingerprint density at radius 1 is 0.968 bits per heavy atom. The molecule has 31 heavy (non-hydrogen) atoms. The topological polar surface area (TPSA) is 53.1 Å². The molecule has 0 fully saturated rings. The van der Waals surface area contributed by atoms with E-state index in [-0.39, 0.29) is 22.4 Å². The van der Waals surface area contributed by atoms with Gasteiger partial charge in [-0.05, 0) is 84.9 Å². The second-order valence-corrected chi connectivity index (χ2v) is 10.9. The van der Waals surface area contributed by atoms with Crippen molar-refractivity contribution in [3.05, 3.63) is 69.2 Å². The van der Waals surface area contributed by atoms with Crippen LogP contribution in [0.15, 0.2) is 35.6 Å². The fourth-order valence-electron chi connectivity index (χ4n) is 5.31. The van der Waals surface area contributed by atoms with E-state index in [1.54, 1.807) is 0 Å². The molecule has 1 aromatic heterocycles. The number of rotatable bonds is 3. The van der Waals surface area contributed by atoms with E-state index in [0.29, 0.717) is 24.1 Å². The Balaban J connectivity index is 1.86. The number of aromatic nitrogens is 1. The molecule has 0 radical (unpaired) electrons. The highest BCUT2D eigenvalue weighted by molar-refractivity contribution is 6.22. The molecule has 2 aromatic rings. The number of carbonyl (C=O) groups excluding carboxylic acids is 1. The Labute approximate surface area is 186 Å². The lowest BCUT2D eigenvalue weighted by Crippen LogP contribution is -2.34. The Morgan fingerprint density at radius 3 is 2.13 bits per heavy atom. The summed E-state index contributed by atoms with van der Waals surface area (Å²) in [7, 11) is 0. The average Bonchev–Trinajstić information content (AvgIpc) is 3.26. The third kappa shape index (κ3) is 3.58. The highest BCUT2D eigenvalue weighted by atomic mass is 16.3. The van der Waals surface area contributed by atoms with Crippen molar-refractivity contribution < 1.29 is 9.90 Å². The van der Waals surface area contributed by atoms with Gasteiger partial charge in [0.2, 0.25) is 0 Å². The molecule has 0 aliphatic heterocycles. The van der Waals surface area contributed by atoms with E-state index >= 15 is 0 Å². The maximum Gasteiger partial charge on any atom is 0.168 e. The van der Waals surface area contributed by atoms with Gasteiger partial charge < -0.3 is 10.1 Å². The molecule has 3 nitrogen and oxygen atoms in total. The Kier molecular flexibility index (Phi) is 5.07. The molecule has 3 heteroatoms. The largest absolute Gasteiger partial charge is 0.511 e. The molecule has 0 spiro atoms. The Hall–Kier alpha value is -2.55. The molecule has 2 aliphatic carbocycles. The smallest absolute Gasteiger partial charge is 0.168 e. The van der Waals surface area contributed by atoms with Crippen molar-refractivity contribution >= 4 is 16.9 Å². The zero-order valence-corrected chi connectivity index (χ0v) is 20.0. The van der Waals surface area contributed by atoms with Crippen LogP contribution in [-0.4, -0.2) is 15.9 Å². The van der Waals surface area contributed by atoms with Crippen molar-refractivity contribution in [1.29, 1.82) is 0 Å². The lowest BCUT2D eigenvalue weighted by atomic mass is 9.62. The van der Waals surface area contributed by atoms with Gasteiger partial charge in [-0.1, -0.05) is 39.3 Å². The number of nitrogens with one attached hydrogen (secondary N) is 1. The van der Waals surface area contributed by atoms with Gasteiger partial charge in [0.05, 0.1) is 11.3 Å². The monoisotopic (exact) mass is 417 g/mol. The molecular formula is C28H35NO2. The van der Waals surface area contributed by atoms with E-state index in [1.807, 2.05) is 12.1 Å². The van der Waals surface area contributed by atoms with Gasteiger partial charge in [0.1, 0.15) is 5.76 Å². The quantitative estimate of drug-likeness (QED) is 0.557. The lowest BCUT2D eigenvalue weighted by Gasteiger charge is -2.42. The van der Waals surface area contributed by atoms with Gasteiger partial charge >= 0.3 is 0 Å². The number of H-pyrrole nitrogens is 1. The fraction of sp³-hybridized carbons (Fsp3) is 0.464. The highest BCUT2D eigenvalue weighted by Crippen LogP contribution is 2.47. The number of Topliss-reactive ketones (excluding diaryl/α,β-unsaturated/α-hetero) is 1. The third-order valence-electron chi connectivity index (χ3n) is 7.35. The first-order valence-corrected chi connectivity index (χ1v) is 11.4. The highest BCUT2D eigenvalue weighted by Gasteiger charge is 2.37. The normalized spacial score (nSPS) is 19.5. The molecule has 4 rings (SSSR count). The van der Waals surface area contributed by atoms with Gasteiger partial charge in [0.25, 0.3) is 0 Å². The van der Waals surface area contributed by atoms with Crippen LogP contribution >= 0.6 is 0 Å². The van der Waals surface area contributed by atoms with Crippen molar-refractivity contribution in [3.8, 4) is 0 Å². The third-order valence-corrected chi connectivity index (χ3v) is 7.35. The molecule has 0 saturated carbocycles. The van der Waals surface area contributed by atoms with Gasteiger partial charge in [0, 0.05) is 24.1 Å². The Bertz CT molecular complexity index is 1130. The summed E-state index contributed by atoms with van der Waals surface area (Å²) in [5, 5.41) is 10.2. The summed E-state index contributed by atoms with van der Waals surface area (Å²) < 4.78 is 0. The van der Waals surface area contributed by atoms with Crippen LogP contribution in [0, 0.1) is 6.92 Å². The van der Waals surface area contributed by atoms with E-state index in [1.165, 1.54) is 46.2 Å². The van der Waals surface area contributed by atoms with E-state index < -0.39 is 0 Å². The Morgan fingerprint density at radius 2 is 1.58 bits per heavy atom. The summed E-state index contributed by atoms with van der Waals surface area (Å²) in [6.07, 6.45) is 3.21. The predicted molar refractivity (Wildman–Crippen MR) is 128 cm³/mol. The van der Waals surface area contributed by atoms with E-state index in [9.17, 15) is 9.90 Å². The number of hydrogen-bond donors (Lipinski definition) is 2. The maximum absolute atomic E-state index is 12.3. The van der Waals surface area contributed by atoms with E-state index in [0.717, 1.165) is 5.69 Å². The van der Waals surface area contributed by atoms with E-state index in [2.05, 4.69) is 65.6 Å². The number of aryl methyl sites for hydroxylation is 1. The number of aliphatic hydroxyl groups excluding tert-OH is 1. The van der Waals surface area contributed by atoms with Gasteiger partial charge in [-0.15, -0.1) is 0 Å². The van der Waals surface area contributed by atoms with Crippen LogP contribution in [0.2, 0.25) is 0 Å². The molecule has 1 aromatic carbocycles. The van der Waals surface area contributed by atoms with Gasteiger partial charge in [-0.2, -0.15) is 0 Å². The van der Waals surface area contributed by atoms with Crippen molar-refractivity contribution in [2.75, 3.05) is 0 Å². The summed E-state index contributed by atoms with van der Waals surface area (Å²) in [5.74, 6) is 0.213. The first kappa shape index (κ1) is 21.7. The number of hydrogen-bond acceptors (Lipinski definition) is 2. The zero-order chi connectivity index (χ0) is 22.7. The van der Waals surface area contributed by atoms with Crippen LogP contribution < -0.4 is 0 Å². The number of benzene rings is 1. The molecule has 0 saturated heterocycles. The van der Waals surface area contributed by atoms with Crippen LogP contribution in [0.1, 0.15) is 101 Å². The summed E-state index contributed by atoms with van der Waals surface area (Å²) in [6, 6.07) is 8.77. The van der Waals surface area contributed by atoms with Crippen molar-refractivity contribution in [2.45, 2.75) is 85.0 Å². The van der Waals surface area contributed by atoms with Gasteiger partial charge in [-0.3, -0.25) is 4.79 Å². The molecule has 164 valence electrons. The molecule has 0 unspecified atom stereocenters. The number of ketones is 1.